The number of hydrogen-bond donors (Lipinski definition) is 1. The number of nitrogens with one attached hydrogen (secondary N) is 1. The van der Waals surface area contributed by atoms with Crippen molar-refractivity contribution >= 4 is 23.2 Å². The van der Waals surface area contributed by atoms with Crippen LogP contribution in [0.1, 0.15) is 39.7 Å². The lowest BCUT2D eigenvalue weighted by molar-refractivity contribution is -0.117. The van der Waals surface area contributed by atoms with Gasteiger partial charge in [0.25, 0.3) is 0 Å². The van der Waals surface area contributed by atoms with Gasteiger partial charge in [0.15, 0.2) is 0 Å². The minimum absolute atomic E-state index is 0.0723. The van der Waals surface area contributed by atoms with E-state index in [1.807, 2.05) is 36.4 Å². The van der Waals surface area contributed by atoms with Gasteiger partial charge in [-0.3, -0.25) is 9.59 Å². The van der Waals surface area contributed by atoms with Gasteiger partial charge in [0.05, 0.1) is 7.11 Å². The third kappa shape index (κ3) is 5.84. The van der Waals surface area contributed by atoms with Crippen molar-refractivity contribution in [1.82, 2.24) is 0 Å². The van der Waals surface area contributed by atoms with Crippen LogP contribution in [-0.2, 0) is 15.0 Å². The Morgan fingerprint density at radius 2 is 1.59 bits per heavy atom. The quantitative estimate of drug-likeness (QED) is 0.823. The Hall–Kier alpha value is -2.82. The molecule has 2 aromatic carbocycles. The average molecular weight is 368 g/mol. The molecule has 2 aromatic rings. The van der Waals surface area contributed by atoms with Gasteiger partial charge in [-0.05, 0) is 47.4 Å². The minimum Gasteiger partial charge on any atom is -0.497 e. The molecular formula is C22H28N2O3. The molecule has 0 bridgehead atoms. The summed E-state index contributed by atoms with van der Waals surface area (Å²) < 4.78 is 5.14. The van der Waals surface area contributed by atoms with Crippen LogP contribution in [0.25, 0.3) is 0 Å². The second-order valence-corrected chi connectivity index (χ2v) is 7.49. The van der Waals surface area contributed by atoms with Gasteiger partial charge >= 0.3 is 0 Å². The Morgan fingerprint density at radius 3 is 2.07 bits per heavy atom. The Bertz CT molecular complexity index is 775. The van der Waals surface area contributed by atoms with Gasteiger partial charge in [-0.1, -0.05) is 32.9 Å². The van der Waals surface area contributed by atoms with E-state index in [1.165, 1.54) is 12.5 Å². The lowest BCUT2D eigenvalue weighted by atomic mass is 9.87. The van der Waals surface area contributed by atoms with E-state index < -0.39 is 0 Å². The van der Waals surface area contributed by atoms with E-state index in [2.05, 4.69) is 26.1 Å². The number of hydrogen-bond acceptors (Lipinski definition) is 3. The predicted molar refractivity (Wildman–Crippen MR) is 109 cm³/mol. The maximum atomic E-state index is 12.3. The number of nitrogens with zero attached hydrogens (tertiary/aromatic N) is 1. The highest BCUT2D eigenvalue weighted by Crippen LogP contribution is 2.24. The van der Waals surface area contributed by atoms with Gasteiger partial charge in [0, 0.05) is 31.3 Å². The fraction of sp³-hybridized carbons (Fsp3) is 0.364. The van der Waals surface area contributed by atoms with Crippen LogP contribution in [0.15, 0.2) is 48.5 Å². The summed E-state index contributed by atoms with van der Waals surface area (Å²) in [5.74, 6) is 0.486. The third-order valence-corrected chi connectivity index (χ3v) is 4.36. The van der Waals surface area contributed by atoms with Gasteiger partial charge in [0.1, 0.15) is 5.75 Å². The molecule has 27 heavy (non-hydrogen) atoms. The molecule has 0 atom stereocenters. The molecule has 1 N–H and O–H groups in total. The van der Waals surface area contributed by atoms with Gasteiger partial charge in [-0.25, -0.2) is 0 Å². The monoisotopic (exact) mass is 368 g/mol. The fourth-order valence-corrected chi connectivity index (χ4v) is 2.72. The predicted octanol–water partition coefficient (Wildman–Crippen LogP) is 4.37. The molecule has 0 heterocycles. The van der Waals surface area contributed by atoms with E-state index in [4.69, 9.17) is 4.74 Å². The molecule has 0 unspecified atom stereocenters. The van der Waals surface area contributed by atoms with Crippen molar-refractivity contribution in [3.05, 3.63) is 54.1 Å². The molecule has 2 amide bonds. The summed E-state index contributed by atoms with van der Waals surface area (Å²) in [4.78, 5) is 25.8. The van der Waals surface area contributed by atoms with Crippen LogP contribution in [-0.4, -0.2) is 25.5 Å². The molecule has 0 aromatic heterocycles. The number of rotatable bonds is 6. The zero-order valence-corrected chi connectivity index (χ0v) is 16.7. The van der Waals surface area contributed by atoms with Gasteiger partial charge < -0.3 is 15.0 Å². The number of methoxy groups -OCH3 is 1. The number of benzene rings is 2. The highest BCUT2D eigenvalue weighted by Gasteiger charge is 2.15. The SMILES string of the molecule is COc1ccc(N(CCC(=O)Nc2ccc(C(C)(C)C)cc2)C(C)=O)cc1. The largest absolute Gasteiger partial charge is 0.497 e. The van der Waals surface area contributed by atoms with E-state index >= 15 is 0 Å². The Labute approximate surface area is 161 Å². The number of carbonyl (C=O) groups is 2. The molecule has 0 saturated carbocycles. The summed E-state index contributed by atoms with van der Waals surface area (Å²) in [6.45, 7) is 8.25. The van der Waals surface area contributed by atoms with Gasteiger partial charge in [-0.2, -0.15) is 0 Å². The number of amides is 2. The third-order valence-electron chi connectivity index (χ3n) is 4.36. The summed E-state index contributed by atoms with van der Waals surface area (Å²) in [6.07, 6.45) is 0.215. The van der Waals surface area contributed by atoms with Crippen LogP contribution in [0.5, 0.6) is 5.75 Å². The van der Waals surface area contributed by atoms with E-state index in [1.54, 1.807) is 24.1 Å². The summed E-state index contributed by atoms with van der Waals surface area (Å²) in [7, 11) is 1.59. The first-order chi connectivity index (χ1) is 12.7. The average Bonchev–Trinajstić information content (AvgIpc) is 2.62. The summed E-state index contributed by atoms with van der Waals surface area (Å²) in [5.41, 5.74) is 2.78. The lowest BCUT2D eigenvalue weighted by Crippen LogP contribution is -2.31. The second-order valence-electron chi connectivity index (χ2n) is 7.49. The fourth-order valence-electron chi connectivity index (χ4n) is 2.72. The van der Waals surface area contributed by atoms with E-state index in [0.29, 0.717) is 6.54 Å². The zero-order valence-electron chi connectivity index (χ0n) is 16.7. The number of ether oxygens (including phenoxy) is 1. The van der Waals surface area contributed by atoms with E-state index in [9.17, 15) is 9.59 Å². The molecule has 0 spiro atoms. The normalized spacial score (nSPS) is 11.0. The maximum Gasteiger partial charge on any atom is 0.226 e. The summed E-state index contributed by atoms with van der Waals surface area (Å²) in [5, 5.41) is 2.89. The first kappa shape index (κ1) is 20.5. The van der Waals surface area contributed by atoms with Crippen LogP contribution in [0.3, 0.4) is 0 Å². The van der Waals surface area contributed by atoms with Crippen molar-refractivity contribution in [2.75, 3.05) is 23.9 Å². The van der Waals surface area contributed by atoms with Crippen molar-refractivity contribution in [3.8, 4) is 5.75 Å². The Morgan fingerprint density at radius 1 is 1.00 bits per heavy atom. The van der Waals surface area contributed by atoms with Crippen LogP contribution in [0.4, 0.5) is 11.4 Å². The van der Waals surface area contributed by atoms with Crippen molar-refractivity contribution in [3.63, 3.8) is 0 Å². The van der Waals surface area contributed by atoms with Crippen LogP contribution in [0, 0.1) is 0 Å². The smallest absolute Gasteiger partial charge is 0.226 e. The van der Waals surface area contributed by atoms with Gasteiger partial charge in [-0.15, -0.1) is 0 Å². The number of carbonyl (C=O) groups excluding carboxylic acids is 2. The Kier molecular flexibility index (Phi) is 6.61. The van der Waals surface area contributed by atoms with Crippen molar-refractivity contribution in [2.45, 2.75) is 39.5 Å². The maximum absolute atomic E-state index is 12.3. The molecule has 5 nitrogen and oxygen atoms in total. The molecule has 5 heteroatoms. The summed E-state index contributed by atoms with van der Waals surface area (Å²) >= 11 is 0. The van der Waals surface area contributed by atoms with Crippen molar-refractivity contribution < 1.29 is 14.3 Å². The highest BCUT2D eigenvalue weighted by molar-refractivity contribution is 5.94. The number of anilines is 2. The molecule has 0 fully saturated rings. The van der Waals surface area contributed by atoms with Crippen LogP contribution in [0.2, 0.25) is 0 Å². The topological polar surface area (TPSA) is 58.6 Å². The van der Waals surface area contributed by atoms with Gasteiger partial charge in [0.2, 0.25) is 11.8 Å². The van der Waals surface area contributed by atoms with Crippen molar-refractivity contribution in [2.24, 2.45) is 0 Å². The zero-order chi connectivity index (χ0) is 20.0. The molecule has 0 aliphatic carbocycles. The molecule has 0 saturated heterocycles. The first-order valence-corrected chi connectivity index (χ1v) is 9.03. The highest BCUT2D eigenvalue weighted by atomic mass is 16.5. The first-order valence-electron chi connectivity index (χ1n) is 9.03. The molecule has 2 rings (SSSR count). The second kappa shape index (κ2) is 8.71. The molecule has 0 aliphatic rings. The molecule has 144 valence electrons. The standard InChI is InChI=1S/C22H28N2O3/c1-16(25)24(19-10-12-20(27-5)13-11-19)15-14-21(26)23-18-8-6-17(7-9-18)22(2,3)4/h6-13H,14-15H2,1-5H3,(H,23,26). The molecule has 0 aliphatic heterocycles. The molecular weight excluding hydrogens is 340 g/mol. The van der Waals surface area contributed by atoms with E-state index in [0.717, 1.165) is 17.1 Å². The minimum atomic E-state index is -0.127. The van der Waals surface area contributed by atoms with E-state index in [-0.39, 0.29) is 23.7 Å². The van der Waals surface area contributed by atoms with Crippen LogP contribution < -0.4 is 15.0 Å². The lowest BCUT2D eigenvalue weighted by Gasteiger charge is -2.21. The molecule has 0 radical (unpaired) electrons. The van der Waals surface area contributed by atoms with Crippen molar-refractivity contribution in [1.29, 1.82) is 0 Å². The summed E-state index contributed by atoms with van der Waals surface area (Å²) in [6, 6.07) is 15.1. The van der Waals surface area contributed by atoms with Crippen LogP contribution >= 0.6 is 0 Å². The Balaban J connectivity index is 1.96.